The molecule has 4 heteroatoms. The van der Waals surface area contributed by atoms with Crippen molar-refractivity contribution in [1.82, 2.24) is 0 Å². The Morgan fingerprint density at radius 1 is 1.16 bits per heavy atom. The fraction of sp³-hybridized carbons (Fsp3) is 0.600. The molecule has 1 aromatic carbocycles. The zero-order valence-electron chi connectivity index (χ0n) is 12.4. The van der Waals surface area contributed by atoms with Gasteiger partial charge in [0.1, 0.15) is 0 Å². The third kappa shape index (κ3) is 5.65. The molecule has 1 rings (SSSR count). The lowest BCUT2D eigenvalue weighted by Crippen LogP contribution is -2.46. The van der Waals surface area contributed by atoms with Crippen LogP contribution in [0.3, 0.4) is 0 Å². The van der Waals surface area contributed by atoms with Crippen molar-refractivity contribution in [1.29, 1.82) is 0 Å². The van der Waals surface area contributed by atoms with E-state index in [1.54, 1.807) is 0 Å². The summed E-state index contributed by atoms with van der Waals surface area (Å²) in [4.78, 5) is 0. The average molecular weight is 301 g/mol. The van der Waals surface area contributed by atoms with Crippen LogP contribution in [0.1, 0.15) is 33.3 Å². The maximum atomic E-state index is 6.10. The Bertz CT molecular complexity index is 376. The predicted molar refractivity (Wildman–Crippen MR) is 83.8 cm³/mol. The molecule has 0 radical (unpaired) electrons. The van der Waals surface area contributed by atoms with Gasteiger partial charge in [-0.1, -0.05) is 37.6 Å². The van der Waals surface area contributed by atoms with Crippen LogP contribution in [0.25, 0.3) is 0 Å². The van der Waals surface area contributed by atoms with Crippen LogP contribution in [0.15, 0.2) is 24.3 Å². The van der Waals surface area contributed by atoms with Gasteiger partial charge in [0.25, 0.3) is 0 Å². The second-order valence-electron chi connectivity index (χ2n) is 5.18. The molecule has 0 spiro atoms. The maximum absolute atomic E-state index is 6.10. The summed E-state index contributed by atoms with van der Waals surface area (Å²) in [5.74, 6) is 0.573. The fourth-order valence-electron chi connectivity index (χ4n) is 2.44. The van der Waals surface area contributed by atoms with Gasteiger partial charge in [-0.3, -0.25) is 0 Å². The molecule has 1 aromatic rings. The molecule has 19 heavy (non-hydrogen) atoms. The van der Waals surface area contributed by atoms with Crippen molar-refractivity contribution < 1.29 is 8.85 Å². The quantitative estimate of drug-likeness (QED) is 0.654. The van der Waals surface area contributed by atoms with E-state index < -0.39 is 8.56 Å². The topological polar surface area (TPSA) is 18.5 Å². The van der Waals surface area contributed by atoms with Gasteiger partial charge in [0.15, 0.2) is 0 Å². The minimum atomic E-state index is -2.18. The van der Waals surface area contributed by atoms with E-state index in [-0.39, 0.29) is 0 Å². The summed E-state index contributed by atoms with van der Waals surface area (Å²) in [6, 6.07) is 9.89. The lowest BCUT2D eigenvalue weighted by atomic mass is 10.2. The van der Waals surface area contributed by atoms with E-state index in [2.05, 4.69) is 19.9 Å². The van der Waals surface area contributed by atoms with E-state index in [0.29, 0.717) is 19.1 Å². The van der Waals surface area contributed by atoms with Gasteiger partial charge in [-0.05, 0) is 43.5 Å². The highest BCUT2D eigenvalue weighted by atomic mass is 35.5. The van der Waals surface area contributed by atoms with Gasteiger partial charge in [-0.15, -0.1) is 0 Å². The minimum absolute atomic E-state index is 0.573. The summed E-state index contributed by atoms with van der Waals surface area (Å²) in [5.41, 5.74) is 1.21. The van der Waals surface area contributed by atoms with Gasteiger partial charge >= 0.3 is 8.56 Å². The zero-order chi connectivity index (χ0) is 14.3. The van der Waals surface area contributed by atoms with Gasteiger partial charge in [0.2, 0.25) is 0 Å². The van der Waals surface area contributed by atoms with Crippen molar-refractivity contribution in [2.75, 3.05) is 13.2 Å². The Morgan fingerprint density at radius 3 is 2.26 bits per heavy atom. The SMILES string of the molecule is CCO[Si](Cc1cccc(Cl)c1)(CC(C)C)OCC. The van der Waals surface area contributed by atoms with Crippen LogP contribution in [-0.2, 0) is 14.9 Å². The molecule has 0 aromatic heterocycles. The molecule has 0 amide bonds. The van der Waals surface area contributed by atoms with Gasteiger partial charge in [0, 0.05) is 24.3 Å². The van der Waals surface area contributed by atoms with Crippen LogP contribution in [0.4, 0.5) is 0 Å². The van der Waals surface area contributed by atoms with Crippen molar-refractivity contribution in [3.8, 4) is 0 Å². The second kappa shape index (κ2) is 8.05. The third-order valence-corrected chi connectivity index (χ3v) is 7.15. The van der Waals surface area contributed by atoms with Gasteiger partial charge < -0.3 is 8.85 Å². The van der Waals surface area contributed by atoms with Crippen LogP contribution < -0.4 is 0 Å². The zero-order valence-corrected chi connectivity index (χ0v) is 14.2. The molecule has 0 atom stereocenters. The van der Waals surface area contributed by atoms with Crippen LogP contribution in [0, 0.1) is 5.92 Å². The summed E-state index contributed by atoms with van der Waals surface area (Å²) in [6.07, 6.45) is 0. The third-order valence-electron chi connectivity index (χ3n) is 2.90. The van der Waals surface area contributed by atoms with Gasteiger partial charge in [0.05, 0.1) is 0 Å². The Morgan fingerprint density at radius 2 is 1.79 bits per heavy atom. The Balaban J connectivity index is 2.93. The highest BCUT2D eigenvalue weighted by Crippen LogP contribution is 2.25. The Labute approximate surface area is 123 Å². The van der Waals surface area contributed by atoms with Crippen molar-refractivity contribution in [3.05, 3.63) is 34.9 Å². The first-order valence-corrected chi connectivity index (χ1v) is 9.64. The van der Waals surface area contributed by atoms with E-state index in [4.69, 9.17) is 20.5 Å². The summed E-state index contributed by atoms with van der Waals surface area (Å²) >= 11 is 6.07. The molecule has 0 N–H and O–H groups in total. The van der Waals surface area contributed by atoms with Crippen molar-refractivity contribution >= 4 is 20.2 Å². The number of rotatable bonds is 8. The lowest BCUT2D eigenvalue weighted by Gasteiger charge is -2.31. The molecule has 0 unspecified atom stereocenters. The molecular formula is C15H25ClO2Si. The molecule has 0 aliphatic rings. The van der Waals surface area contributed by atoms with Crippen molar-refractivity contribution in [2.24, 2.45) is 5.92 Å². The molecule has 2 nitrogen and oxygen atoms in total. The minimum Gasteiger partial charge on any atom is -0.394 e. The largest absolute Gasteiger partial charge is 0.394 e. The molecule has 108 valence electrons. The first-order valence-electron chi connectivity index (χ1n) is 7.03. The maximum Gasteiger partial charge on any atom is 0.342 e. The first kappa shape index (κ1) is 16.7. The summed E-state index contributed by atoms with van der Waals surface area (Å²) in [6.45, 7) is 9.94. The van der Waals surface area contributed by atoms with E-state index in [1.807, 2.05) is 32.0 Å². The van der Waals surface area contributed by atoms with Crippen LogP contribution in [0.5, 0.6) is 0 Å². The first-order chi connectivity index (χ1) is 9.01. The fourth-order valence-corrected chi connectivity index (χ4v) is 6.46. The summed E-state index contributed by atoms with van der Waals surface area (Å²) < 4.78 is 12.2. The second-order valence-corrected chi connectivity index (χ2v) is 8.78. The van der Waals surface area contributed by atoms with E-state index in [0.717, 1.165) is 17.1 Å². The van der Waals surface area contributed by atoms with Crippen LogP contribution in [-0.4, -0.2) is 21.8 Å². The van der Waals surface area contributed by atoms with E-state index >= 15 is 0 Å². The van der Waals surface area contributed by atoms with Crippen LogP contribution in [0.2, 0.25) is 11.1 Å². The van der Waals surface area contributed by atoms with E-state index in [9.17, 15) is 0 Å². The Kier molecular flexibility index (Phi) is 7.08. The molecule has 0 aliphatic carbocycles. The monoisotopic (exact) mass is 300 g/mol. The molecule has 0 heterocycles. The van der Waals surface area contributed by atoms with Crippen LogP contribution >= 0.6 is 11.6 Å². The highest BCUT2D eigenvalue weighted by molar-refractivity contribution is 6.67. The number of benzene rings is 1. The molecule has 0 aliphatic heterocycles. The summed E-state index contributed by atoms with van der Waals surface area (Å²) in [7, 11) is -2.18. The number of hydrogen-bond donors (Lipinski definition) is 0. The summed E-state index contributed by atoms with van der Waals surface area (Å²) in [5, 5.41) is 0.776. The Hall–Kier alpha value is -0.353. The highest BCUT2D eigenvalue weighted by Gasteiger charge is 2.38. The average Bonchev–Trinajstić information content (AvgIpc) is 2.28. The standard InChI is InChI=1S/C15H25ClO2Si/c1-5-17-19(18-6-2,11-13(3)4)12-14-8-7-9-15(16)10-14/h7-10,13H,5-6,11-12H2,1-4H3. The molecule has 0 saturated heterocycles. The predicted octanol–water partition coefficient (Wildman–Crippen LogP) is 4.59. The molecule has 0 fully saturated rings. The van der Waals surface area contributed by atoms with Crippen molar-refractivity contribution in [3.63, 3.8) is 0 Å². The molecule has 0 bridgehead atoms. The van der Waals surface area contributed by atoms with Crippen molar-refractivity contribution in [2.45, 2.75) is 39.8 Å². The normalized spacial score (nSPS) is 12.1. The lowest BCUT2D eigenvalue weighted by molar-refractivity contribution is 0.177. The van der Waals surface area contributed by atoms with Gasteiger partial charge in [-0.2, -0.15) is 0 Å². The number of halogens is 1. The van der Waals surface area contributed by atoms with Gasteiger partial charge in [-0.25, -0.2) is 0 Å². The number of hydrogen-bond acceptors (Lipinski definition) is 2. The van der Waals surface area contributed by atoms with E-state index in [1.165, 1.54) is 5.56 Å². The molecule has 0 saturated carbocycles. The molecular weight excluding hydrogens is 276 g/mol. The smallest absolute Gasteiger partial charge is 0.342 e.